The van der Waals surface area contributed by atoms with Crippen molar-refractivity contribution in [3.8, 4) is 0 Å². The number of nitrogens with two attached hydrogens (primary N) is 1. The molecule has 2 saturated carbocycles. The van der Waals surface area contributed by atoms with Gasteiger partial charge in [0.2, 0.25) is 0 Å². The molecular formula is C18H20F2N4O2. The van der Waals surface area contributed by atoms with Gasteiger partial charge in [-0.3, -0.25) is 14.5 Å². The summed E-state index contributed by atoms with van der Waals surface area (Å²) in [5.74, 6) is -1.01. The van der Waals surface area contributed by atoms with Crippen LogP contribution in [0.3, 0.4) is 0 Å². The Balaban J connectivity index is 1.58. The van der Waals surface area contributed by atoms with Gasteiger partial charge in [-0.25, -0.2) is 8.78 Å². The standard InChI is InChI=1S/C18H20F2N4O2/c1-24-17(21)12(8-25)16(23-24)9-2-10-4-18(26,5-11(10)3-9)15-13(19)6-22-7-14(15)20/h6-11,26H,2-5,21H2,1H3. The molecule has 26 heavy (non-hydrogen) atoms. The molecule has 2 aliphatic carbocycles. The number of nitrogen functional groups attached to an aromatic ring is 1. The molecule has 138 valence electrons. The Morgan fingerprint density at radius 1 is 1.27 bits per heavy atom. The second-order valence-corrected chi connectivity index (χ2v) is 7.53. The highest BCUT2D eigenvalue weighted by atomic mass is 19.1. The molecule has 2 aliphatic rings. The molecule has 4 rings (SSSR count). The number of carbonyl (C=O) groups is 1. The second-order valence-electron chi connectivity index (χ2n) is 7.53. The third-order valence-electron chi connectivity index (χ3n) is 6.02. The van der Waals surface area contributed by atoms with Crippen LogP contribution < -0.4 is 5.73 Å². The molecule has 0 saturated heterocycles. The minimum absolute atomic E-state index is 0.0605. The van der Waals surface area contributed by atoms with Crippen molar-refractivity contribution in [3.05, 3.63) is 40.8 Å². The molecule has 0 aliphatic heterocycles. The van der Waals surface area contributed by atoms with E-state index in [-0.39, 0.29) is 36.2 Å². The summed E-state index contributed by atoms with van der Waals surface area (Å²) in [6.07, 6.45) is 4.57. The Kier molecular flexibility index (Phi) is 3.83. The first kappa shape index (κ1) is 17.1. The highest BCUT2D eigenvalue weighted by Crippen LogP contribution is 2.57. The van der Waals surface area contributed by atoms with Crippen molar-refractivity contribution in [2.45, 2.75) is 37.2 Å². The van der Waals surface area contributed by atoms with Crippen LogP contribution in [0.5, 0.6) is 0 Å². The van der Waals surface area contributed by atoms with Crippen molar-refractivity contribution in [1.29, 1.82) is 0 Å². The molecule has 0 bridgehead atoms. The highest BCUT2D eigenvalue weighted by molar-refractivity contribution is 5.83. The third-order valence-corrected chi connectivity index (χ3v) is 6.02. The second kappa shape index (κ2) is 5.84. The molecule has 0 amide bonds. The van der Waals surface area contributed by atoms with Crippen LogP contribution in [0.4, 0.5) is 14.6 Å². The lowest BCUT2D eigenvalue weighted by Crippen LogP contribution is -2.26. The average Bonchev–Trinajstić information content (AvgIpc) is 3.17. The zero-order valence-corrected chi connectivity index (χ0v) is 14.3. The van der Waals surface area contributed by atoms with Crippen molar-refractivity contribution < 1.29 is 18.7 Å². The molecule has 2 heterocycles. The van der Waals surface area contributed by atoms with E-state index in [9.17, 15) is 18.7 Å². The Bertz CT molecular complexity index is 848. The van der Waals surface area contributed by atoms with Gasteiger partial charge in [-0.15, -0.1) is 0 Å². The van der Waals surface area contributed by atoms with Gasteiger partial charge in [0.1, 0.15) is 5.82 Å². The Morgan fingerprint density at radius 3 is 2.38 bits per heavy atom. The van der Waals surface area contributed by atoms with Crippen LogP contribution in [-0.4, -0.2) is 26.2 Å². The van der Waals surface area contributed by atoms with Crippen LogP contribution in [-0.2, 0) is 12.6 Å². The van der Waals surface area contributed by atoms with E-state index < -0.39 is 17.2 Å². The number of aryl methyl sites for hydroxylation is 1. The molecule has 2 aromatic heterocycles. The fourth-order valence-corrected chi connectivity index (χ4v) is 4.94. The number of hydrogen-bond donors (Lipinski definition) is 2. The summed E-state index contributed by atoms with van der Waals surface area (Å²) in [5, 5.41) is 15.3. The monoisotopic (exact) mass is 362 g/mol. The summed E-state index contributed by atoms with van der Waals surface area (Å²) >= 11 is 0. The number of aldehydes is 1. The molecule has 8 heteroatoms. The molecule has 0 spiro atoms. The van der Waals surface area contributed by atoms with Crippen molar-refractivity contribution >= 4 is 12.1 Å². The normalized spacial score (nSPS) is 30.5. The smallest absolute Gasteiger partial charge is 0.155 e. The van der Waals surface area contributed by atoms with Crippen LogP contribution in [0.25, 0.3) is 0 Å². The maximum absolute atomic E-state index is 14.1. The number of fused-ring (bicyclic) bond motifs is 1. The van der Waals surface area contributed by atoms with Gasteiger partial charge in [-0.05, 0) is 37.5 Å². The van der Waals surface area contributed by atoms with Gasteiger partial charge >= 0.3 is 0 Å². The lowest BCUT2D eigenvalue weighted by molar-refractivity contribution is 0.0269. The van der Waals surface area contributed by atoms with Gasteiger partial charge in [0.25, 0.3) is 0 Å². The number of aromatic nitrogens is 3. The number of halogens is 2. The number of anilines is 1. The van der Waals surface area contributed by atoms with E-state index in [0.717, 1.165) is 18.7 Å². The Labute approximate surface area is 149 Å². The number of pyridine rings is 1. The van der Waals surface area contributed by atoms with E-state index in [4.69, 9.17) is 5.73 Å². The first-order chi connectivity index (χ1) is 12.3. The minimum atomic E-state index is -1.52. The largest absolute Gasteiger partial charge is 0.385 e. The van der Waals surface area contributed by atoms with Gasteiger partial charge in [-0.2, -0.15) is 5.10 Å². The van der Waals surface area contributed by atoms with E-state index >= 15 is 0 Å². The van der Waals surface area contributed by atoms with Crippen LogP contribution in [0.2, 0.25) is 0 Å². The van der Waals surface area contributed by atoms with Crippen LogP contribution >= 0.6 is 0 Å². The van der Waals surface area contributed by atoms with E-state index in [1.165, 1.54) is 4.68 Å². The summed E-state index contributed by atoms with van der Waals surface area (Å²) in [6.45, 7) is 0. The average molecular weight is 362 g/mol. The number of hydrogen-bond acceptors (Lipinski definition) is 5. The zero-order valence-electron chi connectivity index (χ0n) is 14.3. The van der Waals surface area contributed by atoms with Crippen LogP contribution in [0.15, 0.2) is 12.4 Å². The lowest BCUT2D eigenvalue weighted by Gasteiger charge is -2.25. The molecule has 0 radical (unpaired) electrons. The van der Waals surface area contributed by atoms with Gasteiger partial charge in [0.05, 0.1) is 34.8 Å². The minimum Gasteiger partial charge on any atom is -0.385 e. The van der Waals surface area contributed by atoms with E-state index in [2.05, 4.69) is 10.1 Å². The van der Waals surface area contributed by atoms with Crippen molar-refractivity contribution in [2.75, 3.05) is 5.73 Å². The molecular weight excluding hydrogens is 342 g/mol. The SMILES string of the molecule is Cn1nc(C2CC3CC(O)(c4c(F)cncc4F)CC3C2)c(C=O)c1N. The zero-order chi connectivity index (χ0) is 18.6. The van der Waals surface area contributed by atoms with Crippen molar-refractivity contribution in [2.24, 2.45) is 18.9 Å². The summed E-state index contributed by atoms with van der Waals surface area (Å²) in [5.41, 5.74) is 5.18. The fraction of sp³-hybridized carbons (Fsp3) is 0.500. The molecule has 0 aromatic carbocycles. The number of nitrogens with zero attached hydrogens (tertiary/aromatic N) is 3. The summed E-state index contributed by atoms with van der Waals surface area (Å²) in [7, 11) is 1.69. The third kappa shape index (κ3) is 2.43. The van der Waals surface area contributed by atoms with E-state index in [0.29, 0.717) is 29.9 Å². The summed E-state index contributed by atoms with van der Waals surface area (Å²) in [6, 6.07) is 0. The van der Waals surface area contributed by atoms with Gasteiger partial charge in [0.15, 0.2) is 17.9 Å². The van der Waals surface area contributed by atoms with Gasteiger partial charge in [0, 0.05) is 13.0 Å². The molecule has 2 fully saturated rings. The maximum atomic E-state index is 14.1. The number of rotatable bonds is 3. The van der Waals surface area contributed by atoms with Gasteiger partial charge in [-0.1, -0.05) is 0 Å². The highest BCUT2D eigenvalue weighted by Gasteiger charge is 2.52. The molecule has 2 atom stereocenters. The molecule has 3 N–H and O–H groups in total. The number of aliphatic hydroxyl groups is 1. The van der Waals surface area contributed by atoms with Crippen LogP contribution in [0, 0.1) is 23.5 Å². The summed E-state index contributed by atoms with van der Waals surface area (Å²) < 4.78 is 29.7. The quantitative estimate of drug-likeness (QED) is 0.817. The van der Waals surface area contributed by atoms with E-state index in [1.54, 1.807) is 7.05 Å². The van der Waals surface area contributed by atoms with Crippen molar-refractivity contribution in [1.82, 2.24) is 14.8 Å². The summed E-state index contributed by atoms with van der Waals surface area (Å²) in [4.78, 5) is 14.8. The lowest BCUT2D eigenvalue weighted by atomic mass is 9.87. The van der Waals surface area contributed by atoms with E-state index in [1.807, 2.05) is 0 Å². The first-order valence-corrected chi connectivity index (χ1v) is 8.63. The molecule has 2 unspecified atom stereocenters. The number of carbonyl (C=O) groups excluding carboxylic acids is 1. The predicted octanol–water partition coefficient (Wildman–Crippen LogP) is 2.28. The topological polar surface area (TPSA) is 94.0 Å². The Morgan fingerprint density at radius 2 is 1.85 bits per heavy atom. The fourth-order valence-electron chi connectivity index (χ4n) is 4.94. The predicted molar refractivity (Wildman–Crippen MR) is 89.2 cm³/mol. The van der Waals surface area contributed by atoms with Crippen molar-refractivity contribution in [3.63, 3.8) is 0 Å². The van der Waals surface area contributed by atoms with Crippen LogP contribution in [0.1, 0.15) is 53.2 Å². The first-order valence-electron chi connectivity index (χ1n) is 8.63. The van der Waals surface area contributed by atoms with Gasteiger partial charge < -0.3 is 10.8 Å². The Hall–Kier alpha value is -2.35. The maximum Gasteiger partial charge on any atom is 0.155 e. The molecule has 6 nitrogen and oxygen atoms in total. The molecule has 2 aromatic rings.